The Labute approximate surface area is 146 Å². The van der Waals surface area contributed by atoms with Crippen LogP contribution in [0.4, 0.5) is 4.79 Å². The van der Waals surface area contributed by atoms with Crippen LogP contribution in [0.25, 0.3) is 15.0 Å². The van der Waals surface area contributed by atoms with Crippen molar-refractivity contribution in [1.82, 2.24) is 5.43 Å². The number of fused-ring (bicyclic) bond motifs is 4. The lowest BCUT2D eigenvalue weighted by atomic mass is 10.1. The van der Waals surface area contributed by atoms with Crippen LogP contribution in [-0.4, -0.2) is 23.2 Å². The minimum atomic E-state index is -0.612. The number of benzene rings is 1. The number of thioether (sulfide) groups is 2. The zero-order valence-corrected chi connectivity index (χ0v) is 15.0. The number of hydrazone groups is 1. The molecule has 4 nitrogen and oxygen atoms in total. The average Bonchev–Trinajstić information content (AvgIpc) is 2.91. The van der Waals surface area contributed by atoms with Crippen molar-refractivity contribution in [2.24, 2.45) is 10.8 Å². The molecule has 4 rings (SSSR count). The second kappa shape index (κ2) is 5.89. The number of thiophene rings is 1. The van der Waals surface area contributed by atoms with Gasteiger partial charge in [0.2, 0.25) is 0 Å². The van der Waals surface area contributed by atoms with E-state index in [0.29, 0.717) is 0 Å². The molecule has 3 heterocycles. The molecule has 0 spiro atoms. The van der Waals surface area contributed by atoms with Gasteiger partial charge in [0, 0.05) is 43.4 Å². The second-order valence-electron chi connectivity index (χ2n) is 5.49. The normalized spacial score (nSPS) is 18.9. The molecule has 0 aliphatic carbocycles. The van der Waals surface area contributed by atoms with Gasteiger partial charge in [-0.2, -0.15) is 5.10 Å². The van der Waals surface area contributed by atoms with Crippen molar-refractivity contribution in [3.05, 3.63) is 34.2 Å². The molecule has 3 N–H and O–H groups in total. The zero-order chi connectivity index (χ0) is 16.0. The molecule has 1 aromatic heterocycles. The van der Waals surface area contributed by atoms with Crippen LogP contribution in [0, 0.1) is 6.92 Å². The number of carbonyl (C=O) groups excluding carboxylic acids is 1. The predicted octanol–water partition coefficient (Wildman–Crippen LogP) is 4.19. The molecule has 23 heavy (non-hydrogen) atoms. The fourth-order valence-corrected chi connectivity index (χ4v) is 6.97. The van der Waals surface area contributed by atoms with Crippen molar-refractivity contribution in [1.29, 1.82) is 0 Å². The summed E-state index contributed by atoms with van der Waals surface area (Å²) in [7, 11) is 0. The second-order valence-corrected chi connectivity index (χ2v) is 8.63. The molecular formula is C16H15N3OS3. The number of hydrogen-bond acceptors (Lipinski definition) is 5. The van der Waals surface area contributed by atoms with Gasteiger partial charge >= 0.3 is 6.03 Å². The molecule has 0 fully saturated rings. The highest BCUT2D eigenvalue weighted by molar-refractivity contribution is 8.09. The number of urea groups is 1. The molecule has 2 aromatic rings. The maximum atomic E-state index is 10.9. The van der Waals surface area contributed by atoms with Crippen LogP contribution in [0.15, 0.2) is 33.8 Å². The Bertz CT molecular complexity index is 882. The highest BCUT2D eigenvalue weighted by atomic mass is 32.2. The Balaban J connectivity index is 1.84. The first kappa shape index (κ1) is 15.1. The molecule has 1 aromatic carbocycles. The lowest BCUT2D eigenvalue weighted by molar-refractivity contribution is 0.249. The van der Waals surface area contributed by atoms with Crippen molar-refractivity contribution in [3.63, 3.8) is 0 Å². The monoisotopic (exact) mass is 361 g/mol. The largest absolute Gasteiger partial charge is 0.350 e. The Kier molecular flexibility index (Phi) is 3.87. The quantitative estimate of drug-likeness (QED) is 0.749. The summed E-state index contributed by atoms with van der Waals surface area (Å²) in [6.07, 6.45) is 0.865. The number of amides is 2. The summed E-state index contributed by atoms with van der Waals surface area (Å²) in [5.74, 6) is 1.88. The molecule has 7 heteroatoms. The molecule has 0 bridgehead atoms. The Hall–Kier alpha value is -1.44. The van der Waals surface area contributed by atoms with Crippen LogP contribution in [0.2, 0.25) is 0 Å². The van der Waals surface area contributed by atoms with Gasteiger partial charge < -0.3 is 5.73 Å². The molecule has 0 saturated heterocycles. The van der Waals surface area contributed by atoms with E-state index in [-0.39, 0.29) is 0 Å². The van der Waals surface area contributed by atoms with E-state index in [4.69, 9.17) is 5.73 Å². The van der Waals surface area contributed by atoms with Gasteiger partial charge in [-0.05, 0) is 19.1 Å². The molecule has 0 saturated carbocycles. The van der Waals surface area contributed by atoms with E-state index in [1.807, 2.05) is 34.9 Å². The summed E-state index contributed by atoms with van der Waals surface area (Å²) in [6.45, 7) is 2.14. The van der Waals surface area contributed by atoms with Crippen molar-refractivity contribution in [2.75, 3.05) is 11.5 Å². The van der Waals surface area contributed by atoms with Gasteiger partial charge in [-0.25, -0.2) is 10.2 Å². The minimum absolute atomic E-state index is 0.612. The highest BCUT2D eigenvalue weighted by Gasteiger charge is 2.29. The number of hydrogen-bond donors (Lipinski definition) is 2. The summed E-state index contributed by atoms with van der Waals surface area (Å²) < 4.78 is 1.33. The summed E-state index contributed by atoms with van der Waals surface area (Å²) in [6, 6.07) is 6.05. The van der Waals surface area contributed by atoms with Crippen LogP contribution in [0.5, 0.6) is 0 Å². The zero-order valence-electron chi connectivity index (χ0n) is 12.5. The van der Waals surface area contributed by atoms with Crippen molar-refractivity contribution >= 4 is 61.6 Å². The first-order chi connectivity index (χ1) is 11.1. The number of nitrogens with one attached hydrogen (secondary N) is 1. The number of rotatable bonds is 1. The van der Waals surface area contributed by atoms with Crippen molar-refractivity contribution < 1.29 is 4.79 Å². The summed E-state index contributed by atoms with van der Waals surface area (Å²) >= 11 is 5.62. The number of primary amides is 1. The third-order valence-electron chi connectivity index (χ3n) is 3.87. The molecule has 118 valence electrons. The Morgan fingerprint density at radius 2 is 2.22 bits per heavy atom. The predicted molar refractivity (Wildman–Crippen MR) is 101 cm³/mol. The molecule has 0 radical (unpaired) electrons. The van der Waals surface area contributed by atoms with Gasteiger partial charge in [0.05, 0.1) is 10.6 Å². The van der Waals surface area contributed by atoms with E-state index in [1.54, 1.807) is 0 Å². The van der Waals surface area contributed by atoms with E-state index in [9.17, 15) is 4.79 Å². The van der Waals surface area contributed by atoms with Gasteiger partial charge in [-0.3, -0.25) is 0 Å². The topological polar surface area (TPSA) is 67.5 Å². The standard InChI is InChI=1S/C16H15N3OS3/c1-8-2-3-12-9(6-8)13-15(23-12)14-10(7-22-13)11(4-5-21-14)18-19-16(17)20/h2-3,6H,4-5,7H2,1H3,(H3,17,19,20)/b18-11+. The fourth-order valence-electron chi connectivity index (χ4n) is 2.84. The molecule has 0 atom stereocenters. The van der Waals surface area contributed by atoms with Crippen molar-refractivity contribution in [3.8, 4) is 0 Å². The number of nitrogens with zero attached hydrogens (tertiary/aromatic N) is 1. The Morgan fingerprint density at radius 1 is 1.35 bits per heavy atom. The lowest BCUT2D eigenvalue weighted by Gasteiger charge is -2.25. The van der Waals surface area contributed by atoms with E-state index in [1.165, 1.54) is 35.9 Å². The van der Waals surface area contributed by atoms with Gasteiger partial charge in [-0.15, -0.1) is 34.9 Å². The number of aryl methyl sites for hydroxylation is 1. The number of carbonyl (C=O) groups is 1. The fraction of sp³-hybridized carbons (Fsp3) is 0.250. The molecule has 0 unspecified atom stereocenters. The van der Waals surface area contributed by atoms with E-state index >= 15 is 0 Å². The van der Waals surface area contributed by atoms with Crippen LogP contribution in [0.1, 0.15) is 16.9 Å². The maximum absolute atomic E-state index is 10.9. The SMILES string of the molecule is Cc1ccc2sc3c(c2c1)SCC1=C3SCC/C1=N\NC(N)=O. The smallest absolute Gasteiger partial charge is 0.332 e. The van der Waals surface area contributed by atoms with E-state index < -0.39 is 6.03 Å². The maximum Gasteiger partial charge on any atom is 0.332 e. The van der Waals surface area contributed by atoms with Gasteiger partial charge in [0.25, 0.3) is 0 Å². The van der Waals surface area contributed by atoms with Gasteiger partial charge in [0.15, 0.2) is 0 Å². The summed E-state index contributed by atoms with van der Waals surface area (Å²) in [4.78, 5) is 15.0. The van der Waals surface area contributed by atoms with Crippen LogP contribution >= 0.6 is 34.9 Å². The van der Waals surface area contributed by atoms with Crippen LogP contribution < -0.4 is 11.2 Å². The van der Waals surface area contributed by atoms with Crippen LogP contribution in [-0.2, 0) is 0 Å². The molecule has 2 aliphatic heterocycles. The summed E-state index contributed by atoms with van der Waals surface area (Å²) in [5.41, 5.74) is 11.0. The first-order valence-corrected chi connectivity index (χ1v) is 10.1. The molecular weight excluding hydrogens is 346 g/mol. The third-order valence-corrected chi connectivity index (χ3v) is 7.61. The third kappa shape index (κ3) is 2.66. The van der Waals surface area contributed by atoms with E-state index in [2.05, 4.69) is 35.7 Å². The molecule has 2 aliphatic rings. The lowest BCUT2D eigenvalue weighted by Crippen LogP contribution is -2.27. The van der Waals surface area contributed by atoms with Gasteiger partial charge in [-0.1, -0.05) is 11.6 Å². The number of nitrogens with two attached hydrogens (primary N) is 1. The van der Waals surface area contributed by atoms with Crippen molar-refractivity contribution in [2.45, 2.75) is 18.2 Å². The first-order valence-electron chi connectivity index (χ1n) is 7.28. The van der Waals surface area contributed by atoms with Crippen LogP contribution in [0.3, 0.4) is 0 Å². The van der Waals surface area contributed by atoms with E-state index in [0.717, 1.165) is 23.6 Å². The highest BCUT2D eigenvalue weighted by Crippen LogP contribution is 2.52. The van der Waals surface area contributed by atoms with Gasteiger partial charge in [0.1, 0.15) is 0 Å². The molecule has 2 amide bonds. The summed E-state index contributed by atoms with van der Waals surface area (Å²) in [5, 5.41) is 5.58. The minimum Gasteiger partial charge on any atom is -0.350 e. The average molecular weight is 362 g/mol. The Morgan fingerprint density at radius 3 is 3.04 bits per heavy atom.